The first kappa shape index (κ1) is 15.3. The molecule has 0 aromatic rings. The van der Waals surface area contributed by atoms with Crippen LogP contribution in [0.4, 0.5) is 0 Å². The molecule has 0 atom stereocenters. The highest BCUT2D eigenvalue weighted by Crippen LogP contribution is 2.40. The highest BCUT2D eigenvalue weighted by molar-refractivity contribution is 5.85. The standard InChI is InChI=1S/C16H27N3O/c1-18(2)16(10-7-11-16)13-19(3)14(20)15(12-17)8-5-4-6-9-15/h4-11,13H2,1-3H3. The maximum Gasteiger partial charge on any atom is 0.242 e. The van der Waals surface area contributed by atoms with Crippen LogP contribution in [0.3, 0.4) is 0 Å². The fourth-order valence-corrected chi connectivity index (χ4v) is 3.74. The summed E-state index contributed by atoms with van der Waals surface area (Å²) in [4.78, 5) is 16.9. The molecule has 2 rings (SSSR count). The maximum atomic E-state index is 12.8. The molecule has 4 nitrogen and oxygen atoms in total. The Labute approximate surface area is 122 Å². The monoisotopic (exact) mass is 277 g/mol. The zero-order chi connectivity index (χ0) is 14.8. The van der Waals surface area contributed by atoms with Crippen LogP contribution in [0.25, 0.3) is 0 Å². The number of nitrogens with zero attached hydrogens (tertiary/aromatic N) is 3. The van der Waals surface area contributed by atoms with Crippen molar-refractivity contribution in [2.24, 2.45) is 5.41 Å². The summed E-state index contributed by atoms with van der Waals surface area (Å²) in [6, 6.07) is 2.34. The van der Waals surface area contributed by atoms with Crippen molar-refractivity contribution in [2.45, 2.75) is 56.9 Å². The molecule has 0 radical (unpaired) electrons. The summed E-state index contributed by atoms with van der Waals surface area (Å²) >= 11 is 0. The van der Waals surface area contributed by atoms with Crippen molar-refractivity contribution in [3.05, 3.63) is 0 Å². The molecule has 4 heteroatoms. The molecule has 0 unspecified atom stereocenters. The van der Waals surface area contributed by atoms with Crippen LogP contribution in [0.15, 0.2) is 0 Å². The fourth-order valence-electron chi connectivity index (χ4n) is 3.74. The van der Waals surface area contributed by atoms with Crippen LogP contribution in [-0.4, -0.2) is 48.9 Å². The van der Waals surface area contributed by atoms with E-state index in [9.17, 15) is 10.1 Å². The van der Waals surface area contributed by atoms with Crippen LogP contribution in [0.5, 0.6) is 0 Å². The number of carbonyl (C=O) groups excluding carboxylic acids is 1. The van der Waals surface area contributed by atoms with Gasteiger partial charge in [0.15, 0.2) is 0 Å². The zero-order valence-electron chi connectivity index (χ0n) is 13.1. The lowest BCUT2D eigenvalue weighted by molar-refractivity contribution is -0.142. The predicted molar refractivity (Wildman–Crippen MR) is 79.0 cm³/mol. The van der Waals surface area contributed by atoms with E-state index in [1.807, 2.05) is 11.9 Å². The Balaban J connectivity index is 2.06. The summed E-state index contributed by atoms with van der Waals surface area (Å²) in [6.07, 6.45) is 8.18. The van der Waals surface area contributed by atoms with Crippen LogP contribution in [0, 0.1) is 16.7 Å². The van der Waals surface area contributed by atoms with E-state index >= 15 is 0 Å². The minimum Gasteiger partial charge on any atom is -0.343 e. The molecular weight excluding hydrogens is 250 g/mol. The number of amides is 1. The molecule has 0 bridgehead atoms. The minimum absolute atomic E-state index is 0.0489. The second-order valence-corrected chi connectivity index (χ2v) is 6.89. The second-order valence-electron chi connectivity index (χ2n) is 6.89. The van der Waals surface area contributed by atoms with Crippen molar-refractivity contribution < 1.29 is 4.79 Å². The van der Waals surface area contributed by atoms with Gasteiger partial charge in [0, 0.05) is 19.1 Å². The van der Waals surface area contributed by atoms with Crippen molar-refractivity contribution >= 4 is 5.91 Å². The SMILES string of the molecule is CN(CC1(N(C)C)CCC1)C(=O)C1(C#N)CCCCC1. The van der Waals surface area contributed by atoms with E-state index in [0.717, 1.165) is 51.5 Å². The van der Waals surface area contributed by atoms with Gasteiger partial charge in [-0.05, 0) is 46.2 Å². The maximum absolute atomic E-state index is 12.8. The lowest BCUT2D eigenvalue weighted by atomic mass is 9.72. The number of rotatable bonds is 4. The zero-order valence-corrected chi connectivity index (χ0v) is 13.1. The van der Waals surface area contributed by atoms with Crippen LogP contribution < -0.4 is 0 Å². The first-order valence-electron chi connectivity index (χ1n) is 7.80. The molecule has 0 saturated heterocycles. The average Bonchev–Trinajstić information content (AvgIpc) is 2.42. The lowest BCUT2D eigenvalue weighted by Crippen LogP contribution is -2.59. The molecule has 0 aromatic carbocycles. The van der Waals surface area contributed by atoms with Crippen molar-refractivity contribution in [2.75, 3.05) is 27.7 Å². The third-order valence-electron chi connectivity index (χ3n) is 5.44. The van der Waals surface area contributed by atoms with Gasteiger partial charge in [0.2, 0.25) is 5.91 Å². The highest BCUT2D eigenvalue weighted by Gasteiger charge is 2.45. The van der Waals surface area contributed by atoms with E-state index < -0.39 is 5.41 Å². The topological polar surface area (TPSA) is 47.3 Å². The van der Waals surface area contributed by atoms with Gasteiger partial charge in [0.05, 0.1) is 6.07 Å². The summed E-state index contributed by atoms with van der Waals surface area (Å²) in [5, 5.41) is 9.53. The van der Waals surface area contributed by atoms with E-state index in [4.69, 9.17) is 0 Å². The van der Waals surface area contributed by atoms with Crippen molar-refractivity contribution in [1.29, 1.82) is 5.26 Å². The molecule has 0 spiro atoms. The average molecular weight is 277 g/mol. The summed E-state index contributed by atoms with van der Waals surface area (Å²) < 4.78 is 0. The Hall–Kier alpha value is -1.08. The Morgan fingerprint density at radius 1 is 1.05 bits per heavy atom. The molecule has 0 aromatic heterocycles. The van der Waals surface area contributed by atoms with Crippen LogP contribution >= 0.6 is 0 Å². The minimum atomic E-state index is -0.746. The van der Waals surface area contributed by atoms with Crippen molar-refractivity contribution in [1.82, 2.24) is 9.80 Å². The van der Waals surface area contributed by atoms with Gasteiger partial charge in [-0.2, -0.15) is 5.26 Å². The summed E-state index contributed by atoms with van der Waals surface area (Å²) in [6.45, 7) is 0.752. The first-order valence-corrected chi connectivity index (χ1v) is 7.80. The number of carbonyl (C=O) groups is 1. The molecule has 2 aliphatic carbocycles. The van der Waals surface area contributed by atoms with Crippen LogP contribution in [-0.2, 0) is 4.79 Å². The molecule has 2 saturated carbocycles. The molecule has 0 heterocycles. The normalized spacial score (nSPS) is 23.8. The summed E-state index contributed by atoms with van der Waals surface area (Å²) in [5.41, 5.74) is -0.611. The van der Waals surface area contributed by atoms with Gasteiger partial charge in [-0.1, -0.05) is 19.3 Å². The Bertz CT molecular complexity index is 400. The fraction of sp³-hybridized carbons (Fsp3) is 0.875. The van der Waals surface area contributed by atoms with Crippen molar-refractivity contribution in [3.63, 3.8) is 0 Å². The summed E-state index contributed by atoms with van der Waals surface area (Å²) in [7, 11) is 6.07. The van der Waals surface area contributed by atoms with Gasteiger partial charge in [-0.15, -0.1) is 0 Å². The van der Waals surface area contributed by atoms with Gasteiger partial charge in [-0.25, -0.2) is 0 Å². The highest BCUT2D eigenvalue weighted by atomic mass is 16.2. The number of likely N-dealkylation sites (N-methyl/N-ethyl adjacent to an activating group) is 2. The Morgan fingerprint density at radius 2 is 1.65 bits per heavy atom. The molecule has 2 aliphatic rings. The molecule has 0 aliphatic heterocycles. The van der Waals surface area contributed by atoms with Gasteiger partial charge in [0.25, 0.3) is 0 Å². The van der Waals surface area contributed by atoms with E-state index in [-0.39, 0.29) is 11.4 Å². The smallest absolute Gasteiger partial charge is 0.242 e. The number of hydrogen-bond donors (Lipinski definition) is 0. The predicted octanol–water partition coefficient (Wildman–Crippen LogP) is 2.40. The molecular formula is C16H27N3O. The quantitative estimate of drug-likeness (QED) is 0.793. The first-order chi connectivity index (χ1) is 9.46. The molecule has 20 heavy (non-hydrogen) atoms. The second kappa shape index (κ2) is 5.73. The van der Waals surface area contributed by atoms with Crippen molar-refractivity contribution in [3.8, 4) is 6.07 Å². The lowest BCUT2D eigenvalue weighted by Gasteiger charge is -2.50. The van der Waals surface area contributed by atoms with Gasteiger partial charge >= 0.3 is 0 Å². The molecule has 1 amide bonds. The van der Waals surface area contributed by atoms with Crippen LogP contribution in [0.1, 0.15) is 51.4 Å². The van der Waals surface area contributed by atoms with E-state index in [1.54, 1.807) is 0 Å². The van der Waals surface area contributed by atoms with Gasteiger partial charge < -0.3 is 9.80 Å². The van der Waals surface area contributed by atoms with E-state index in [1.165, 1.54) is 6.42 Å². The Morgan fingerprint density at radius 3 is 2.05 bits per heavy atom. The summed E-state index contributed by atoms with van der Waals surface area (Å²) in [5.74, 6) is 0.0489. The third kappa shape index (κ3) is 2.56. The number of nitriles is 1. The van der Waals surface area contributed by atoms with E-state index in [2.05, 4.69) is 25.1 Å². The largest absolute Gasteiger partial charge is 0.343 e. The Kier molecular flexibility index (Phi) is 4.39. The third-order valence-corrected chi connectivity index (χ3v) is 5.44. The van der Waals surface area contributed by atoms with Crippen LogP contribution in [0.2, 0.25) is 0 Å². The van der Waals surface area contributed by atoms with Gasteiger partial charge in [-0.3, -0.25) is 4.79 Å². The molecule has 2 fully saturated rings. The number of hydrogen-bond acceptors (Lipinski definition) is 3. The van der Waals surface area contributed by atoms with Gasteiger partial charge in [0.1, 0.15) is 5.41 Å². The van der Waals surface area contributed by atoms with E-state index in [0.29, 0.717) is 0 Å². The molecule has 0 N–H and O–H groups in total. The molecule has 112 valence electrons.